The molecule has 0 radical (unpaired) electrons. The van der Waals surface area contributed by atoms with E-state index in [1.54, 1.807) is 0 Å². The van der Waals surface area contributed by atoms with Gasteiger partial charge in [-0.1, -0.05) is 56.4 Å². The van der Waals surface area contributed by atoms with Gasteiger partial charge < -0.3 is 21.3 Å². The molecule has 0 heterocycles. The number of rotatable bonds is 5. The smallest absolute Gasteiger partial charge is 0.337 e. The Hall–Kier alpha value is -1.43. The lowest BCUT2D eigenvalue weighted by Crippen LogP contribution is -2.44. The third kappa shape index (κ3) is 3.79. The highest BCUT2D eigenvalue weighted by Gasteiger charge is 2.36. The molecule has 2 aliphatic rings. The van der Waals surface area contributed by atoms with Crippen LogP contribution in [0.15, 0.2) is 24.3 Å². The van der Waals surface area contributed by atoms with Crippen LogP contribution in [0.5, 0.6) is 0 Å². The van der Waals surface area contributed by atoms with Crippen LogP contribution < -0.4 is 11.5 Å². The number of carbonyl (C=O) groups is 1. The van der Waals surface area contributed by atoms with Gasteiger partial charge in [0.25, 0.3) is 0 Å². The van der Waals surface area contributed by atoms with Crippen LogP contribution in [0.1, 0.15) is 55.8 Å². The predicted octanol–water partition coefficient (Wildman–Crippen LogP) is 1.81. The average molecular weight is 332 g/mol. The molecule has 1 aromatic carbocycles. The summed E-state index contributed by atoms with van der Waals surface area (Å²) in [5.74, 6) is -0.152. The molecule has 1 saturated carbocycles. The highest BCUT2D eigenvalue weighted by molar-refractivity contribution is 5.75. The Kier molecular flexibility index (Phi) is 5.54. The van der Waals surface area contributed by atoms with E-state index in [2.05, 4.69) is 0 Å². The summed E-state index contributed by atoms with van der Waals surface area (Å²) in [6.07, 6.45) is 5.54. The van der Waals surface area contributed by atoms with E-state index >= 15 is 0 Å². The monoisotopic (exact) mass is 332 g/mol. The number of aliphatic hydroxyl groups is 1. The second-order valence-corrected chi connectivity index (χ2v) is 7.27. The molecular weight excluding hydrogens is 304 g/mol. The number of esters is 1. The normalized spacial score (nSPS) is 26.6. The summed E-state index contributed by atoms with van der Waals surface area (Å²) >= 11 is 0. The van der Waals surface area contributed by atoms with Gasteiger partial charge in [0.2, 0.25) is 0 Å². The summed E-state index contributed by atoms with van der Waals surface area (Å²) in [4.78, 5) is 12.3. The van der Waals surface area contributed by atoms with Crippen LogP contribution in [0.25, 0.3) is 0 Å². The molecule has 5 heteroatoms. The summed E-state index contributed by atoms with van der Waals surface area (Å²) in [5, 5.41) is 10.3. The van der Waals surface area contributed by atoms with Gasteiger partial charge in [-0.25, -0.2) is 4.79 Å². The van der Waals surface area contributed by atoms with Crippen molar-refractivity contribution in [3.8, 4) is 0 Å². The van der Waals surface area contributed by atoms with E-state index in [1.807, 2.05) is 24.3 Å². The standard InChI is InChI=1S/C19H28N2O3/c20-15(10-12-6-2-1-3-7-12)17(22)19(23)24-18-14-9-5-4-8-13(14)11-16(18)21/h4-5,8-9,12,15-18,22H,1-3,6-7,10-11,20-21H2/t15-,16-,17?,18+/m1/s1. The van der Waals surface area contributed by atoms with Crippen LogP contribution in [0.3, 0.4) is 0 Å². The zero-order valence-corrected chi connectivity index (χ0v) is 14.1. The second kappa shape index (κ2) is 7.64. The van der Waals surface area contributed by atoms with Crippen LogP contribution in [-0.2, 0) is 16.0 Å². The lowest BCUT2D eigenvalue weighted by atomic mass is 9.84. The minimum atomic E-state index is -1.29. The minimum Gasteiger partial charge on any atom is -0.454 e. The number of hydrogen-bond donors (Lipinski definition) is 3. The Morgan fingerprint density at radius 3 is 2.71 bits per heavy atom. The highest BCUT2D eigenvalue weighted by atomic mass is 16.6. The zero-order chi connectivity index (χ0) is 17.1. The van der Waals surface area contributed by atoms with Gasteiger partial charge in [-0.15, -0.1) is 0 Å². The summed E-state index contributed by atoms with van der Waals surface area (Å²) < 4.78 is 5.53. The summed E-state index contributed by atoms with van der Waals surface area (Å²) in [5.41, 5.74) is 14.2. The molecule has 0 bridgehead atoms. The van der Waals surface area contributed by atoms with E-state index in [4.69, 9.17) is 16.2 Å². The molecule has 1 aromatic rings. The van der Waals surface area contributed by atoms with E-state index in [0.29, 0.717) is 18.8 Å². The Morgan fingerprint density at radius 1 is 1.25 bits per heavy atom. The van der Waals surface area contributed by atoms with Gasteiger partial charge in [-0.3, -0.25) is 0 Å². The molecule has 2 aliphatic carbocycles. The molecule has 3 rings (SSSR count). The molecule has 1 fully saturated rings. The number of hydrogen-bond acceptors (Lipinski definition) is 5. The SMILES string of the molecule is N[C@H](CC1CCCCC1)C(O)C(=O)O[C@H]1c2ccccc2C[C@H]1N. The van der Waals surface area contributed by atoms with Crippen LogP contribution >= 0.6 is 0 Å². The van der Waals surface area contributed by atoms with Crippen molar-refractivity contribution < 1.29 is 14.6 Å². The Morgan fingerprint density at radius 2 is 1.96 bits per heavy atom. The van der Waals surface area contributed by atoms with Crippen molar-refractivity contribution >= 4 is 5.97 Å². The van der Waals surface area contributed by atoms with Gasteiger partial charge >= 0.3 is 5.97 Å². The lowest BCUT2D eigenvalue weighted by Gasteiger charge is -2.27. The molecule has 0 aromatic heterocycles. The average Bonchev–Trinajstić information content (AvgIpc) is 2.90. The molecule has 5 N–H and O–H groups in total. The Bertz CT molecular complexity index is 571. The van der Waals surface area contributed by atoms with Crippen LogP contribution in [0, 0.1) is 5.92 Å². The van der Waals surface area contributed by atoms with Crippen molar-refractivity contribution in [3.63, 3.8) is 0 Å². The summed E-state index contributed by atoms with van der Waals surface area (Å²) in [6.45, 7) is 0. The molecular formula is C19H28N2O3. The zero-order valence-electron chi connectivity index (χ0n) is 14.1. The number of benzene rings is 1. The van der Waals surface area contributed by atoms with Crippen molar-refractivity contribution in [1.29, 1.82) is 0 Å². The quantitative estimate of drug-likeness (QED) is 0.714. The van der Waals surface area contributed by atoms with Crippen molar-refractivity contribution in [2.75, 3.05) is 0 Å². The number of aliphatic hydroxyl groups excluding tert-OH is 1. The van der Waals surface area contributed by atoms with E-state index in [0.717, 1.165) is 24.0 Å². The number of fused-ring (bicyclic) bond motifs is 1. The van der Waals surface area contributed by atoms with Crippen LogP contribution in [-0.4, -0.2) is 29.3 Å². The third-order valence-electron chi connectivity index (χ3n) is 5.43. The minimum absolute atomic E-state index is 0.270. The van der Waals surface area contributed by atoms with Gasteiger partial charge in [0, 0.05) is 6.04 Å². The van der Waals surface area contributed by atoms with Crippen LogP contribution in [0.4, 0.5) is 0 Å². The Labute approximate surface area is 143 Å². The molecule has 4 atom stereocenters. The molecule has 1 unspecified atom stereocenters. The highest BCUT2D eigenvalue weighted by Crippen LogP contribution is 2.33. The summed E-state index contributed by atoms with van der Waals surface area (Å²) in [6, 6.07) is 6.93. The Balaban J connectivity index is 1.57. The maximum absolute atomic E-state index is 12.3. The van der Waals surface area contributed by atoms with E-state index in [1.165, 1.54) is 19.3 Å². The molecule has 5 nitrogen and oxygen atoms in total. The van der Waals surface area contributed by atoms with Gasteiger partial charge in [-0.05, 0) is 29.9 Å². The molecule has 0 saturated heterocycles. The second-order valence-electron chi connectivity index (χ2n) is 7.27. The molecule has 0 aliphatic heterocycles. The van der Waals surface area contributed by atoms with Crippen molar-refractivity contribution in [1.82, 2.24) is 0 Å². The fraction of sp³-hybridized carbons (Fsp3) is 0.632. The van der Waals surface area contributed by atoms with Gasteiger partial charge in [-0.2, -0.15) is 0 Å². The fourth-order valence-corrected chi connectivity index (χ4v) is 4.05. The number of carbonyl (C=O) groups excluding carboxylic acids is 1. The number of ether oxygens (including phenoxy) is 1. The topological polar surface area (TPSA) is 98.6 Å². The summed E-state index contributed by atoms with van der Waals surface area (Å²) in [7, 11) is 0. The molecule has 0 spiro atoms. The predicted molar refractivity (Wildman–Crippen MR) is 92.1 cm³/mol. The maximum Gasteiger partial charge on any atom is 0.337 e. The first-order valence-electron chi connectivity index (χ1n) is 9.03. The molecule has 132 valence electrons. The largest absolute Gasteiger partial charge is 0.454 e. The van der Waals surface area contributed by atoms with Gasteiger partial charge in [0.15, 0.2) is 6.10 Å². The van der Waals surface area contributed by atoms with Gasteiger partial charge in [0.1, 0.15) is 6.10 Å². The van der Waals surface area contributed by atoms with Crippen molar-refractivity contribution in [2.45, 2.75) is 69.2 Å². The van der Waals surface area contributed by atoms with E-state index in [9.17, 15) is 9.90 Å². The number of nitrogens with two attached hydrogens (primary N) is 2. The first kappa shape index (κ1) is 17.4. The first-order chi connectivity index (χ1) is 11.6. The lowest BCUT2D eigenvalue weighted by molar-refractivity contribution is -0.161. The molecule has 24 heavy (non-hydrogen) atoms. The van der Waals surface area contributed by atoms with Crippen molar-refractivity contribution in [2.24, 2.45) is 17.4 Å². The van der Waals surface area contributed by atoms with E-state index in [-0.39, 0.29) is 6.04 Å². The maximum atomic E-state index is 12.3. The van der Waals surface area contributed by atoms with Crippen molar-refractivity contribution in [3.05, 3.63) is 35.4 Å². The third-order valence-corrected chi connectivity index (χ3v) is 5.43. The van der Waals surface area contributed by atoms with Crippen LogP contribution in [0.2, 0.25) is 0 Å². The molecule has 0 amide bonds. The van der Waals surface area contributed by atoms with E-state index < -0.39 is 24.2 Å². The fourth-order valence-electron chi connectivity index (χ4n) is 4.05. The van der Waals surface area contributed by atoms with Gasteiger partial charge in [0.05, 0.1) is 6.04 Å². The first-order valence-corrected chi connectivity index (χ1v) is 9.03.